The van der Waals surface area contributed by atoms with Crippen molar-refractivity contribution >= 4 is 47.3 Å². The van der Waals surface area contributed by atoms with Crippen molar-refractivity contribution in [3.8, 4) is 0 Å². The number of ketones is 1. The lowest BCUT2D eigenvalue weighted by atomic mass is 9.99. The molecule has 0 saturated carbocycles. The Labute approximate surface area is 336 Å². The molecule has 57 heavy (non-hydrogen) atoms. The first kappa shape index (κ1) is 43.9. The second kappa shape index (κ2) is 24.7. The van der Waals surface area contributed by atoms with Gasteiger partial charge >= 0.3 is 23.9 Å². The van der Waals surface area contributed by atoms with Gasteiger partial charge in [-0.3, -0.25) is 28.8 Å². The van der Waals surface area contributed by atoms with E-state index in [0.717, 1.165) is 22.3 Å². The van der Waals surface area contributed by atoms with Gasteiger partial charge in [-0.2, -0.15) is 11.8 Å². The highest BCUT2D eigenvalue weighted by atomic mass is 32.2. The number of carbonyl (C=O) groups excluding carboxylic acids is 6. The van der Waals surface area contributed by atoms with E-state index in [1.54, 1.807) is 12.1 Å². The molecule has 4 aromatic rings. The van der Waals surface area contributed by atoms with Gasteiger partial charge in [0, 0.05) is 24.3 Å². The molecule has 3 N–H and O–H groups in total. The van der Waals surface area contributed by atoms with E-state index in [1.807, 2.05) is 109 Å². The molecule has 1 amide bonds. The summed E-state index contributed by atoms with van der Waals surface area (Å²) < 4.78 is 21.6. The molecule has 0 radical (unpaired) electrons. The van der Waals surface area contributed by atoms with Crippen LogP contribution < -0.4 is 11.1 Å². The summed E-state index contributed by atoms with van der Waals surface area (Å²) in [5.41, 5.74) is 9.15. The summed E-state index contributed by atoms with van der Waals surface area (Å²) in [4.78, 5) is 77.8. The first-order chi connectivity index (χ1) is 27.7. The number of Topliss-reactive ketones (excluding diaryl/α,β-unsaturated/α-hetero) is 1. The predicted octanol–water partition coefficient (Wildman–Crippen LogP) is 5.50. The van der Waals surface area contributed by atoms with Gasteiger partial charge in [0.25, 0.3) is 0 Å². The Kier molecular flexibility index (Phi) is 19.0. The second-order valence-electron chi connectivity index (χ2n) is 13.2. The van der Waals surface area contributed by atoms with Crippen molar-refractivity contribution in [2.24, 2.45) is 17.6 Å². The Morgan fingerprint density at radius 1 is 0.526 bits per heavy atom. The number of esters is 4. The van der Waals surface area contributed by atoms with Crippen LogP contribution in [0.3, 0.4) is 0 Å². The number of benzene rings is 4. The minimum Gasteiger partial charge on any atom is -0.461 e. The lowest BCUT2D eigenvalue weighted by Gasteiger charge is -2.19. The van der Waals surface area contributed by atoms with Crippen molar-refractivity contribution < 1.29 is 47.7 Å². The van der Waals surface area contributed by atoms with Gasteiger partial charge in [0.05, 0.1) is 18.3 Å². The molecule has 0 aliphatic rings. The first-order valence-corrected chi connectivity index (χ1v) is 19.7. The van der Waals surface area contributed by atoms with E-state index < -0.39 is 54.2 Å². The number of rotatable bonds is 24. The highest BCUT2D eigenvalue weighted by Crippen LogP contribution is 2.22. The molecule has 0 aromatic heterocycles. The summed E-state index contributed by atoms with van der Waals surface area (Å²) in [6.07, 6.45) is -0.599. The van der Waals surface area contributed by atoms with E-state index in [2.05, 4.69) is 5.32 Å². The summed E-state index contributed by atoms with van der Waals surface area (Å²) in [5, 5.41) is 2.56. The molecule has 0 bridgehead atoms. The molecule has 0 spiro atoms. The number of thioether (sulfide) groups is 1. The Morgan fingerprint density at radius 3 is 1.44 bits per heavy atom. The molecule has 0 heterocycles. The molecule has 3 atom stereocenters. The monoisotopic (exact) mass is 796 g/mol. The van der Waals surface area contributed by atoms with Crippen LogP contribution in [0.4, 0.5) is 0 Å². The van der Waals surface area contributed by atoms with Crippen LogP contribution in [0.15, 0.2) is 121 Å². The summed E-state index contributed by atoms with van der Waals surface area (Å²) >= 11 is 1.19. The van der Waals surface area contributed by atoms with Crippen molar-refractivity contribution in [3.05, 3.63) is 144 Å². The third-order valence-electron chi connectivity index (χ3n) is 8.61. The lowest BCUT2D eigenvalue weighted by molar-refractivity contribution is -0.155. The van der Waals surface area contributed by atoms with Crippen LogP contribution in [0.1, 0.15) is 47.9 Å². The Bertz CT molecular complexity index is 1860. The third-order valence-corrected chi connectivity index (χ3v) is 9.88. The van der Waals surface area contributed by atoms with Gasteiger partial charge in [-0.1, -0.05) is 121 Å². The highest BCUT2D eigenvalue weighted by molar-refractivity contribution is 7.99. The fourth-order valence-corrected chi connectivity index (χ4v) is 6.60. The molecule has 13 heteroatoms. The van der Waals surface area contributed by atoms with Crippen LogP contribution in [0.2, 0.25) is 0 Å². The molecular weight excluding hydrogens is 749 g/mol. The molecule has 0 unspecified atom stereocenters. The molecule has 0 fully saturated rings. The molecule has 0 saturated heterocycles. The fraction of sp³-hybridized carbons (Fsp3) is 0.318. The molecule has 300 valence electrons. The van der Waals surface area contributed by atoms with E-state index in [1.165, 1.54) is 11.8 Å². The zero-order valence-electron chi connectivity index (χ0n) is 31.6. The van der Waals surface area contributed by atoms with Crippen LogP contribution in [0.25, 0.3) is 0 Å². The standard InChI is InChI=1S/C44H48N2O10S/c45-39(44(52)56-29-35-19-11-4-12-20-35)22-21-38(47)23-36(42(50)46-25-41(49)54-27-33-15-7-2-8-16-33)30-57-31-37(43(51)55-28-34-17-9-3-10-18-34)24-40(48)53-26-32-13-5-1-6-14-32/h1-20,36-37,39H,21-31,45H2,(H,46,50)/t36-,37+,39-/m1/s1. The number of ether oxygens (including phenoxy) is 4. The maximum atomic E-state index is 13.4. The van der Waals surface area contributed by atoms with Crippen LogP contribution in [0.5, 0.6) is 0 Å². The van der Waals surface area contributed by atoms with Crippen LogP contribution in [0, 0.1) is 11.8 Å². The average Bonchev–Trinajstić information content (AvgIpc) is 3.24. The topological polar surface area (TPSA) is 177 Å². The Balaban J connectivity index is 1.35. The Hall–Kier alpha value is -5.79. The van der Waals surface area contributed by atoms with Gasteiger partial charge in [0.2, 0.25) is 5.91 Å². The van der Waals surface area contributed by atoms with E-state index in [4.69, 9.17) is 24.7 Å². The maximum Gasteiger partial charge on any atom is 0.325 e. The van der Waals surface area contributed by atoms with E-state index in [9.17, 15) is 28.8 Å². The average molecular weight is 797 g/mol. The first-order valence-electron chi connectivity index (χ1n) is 18.6. The van der Waals surface area contributed by atoms with Crippen LogP contribution >= 0.6 is 11.8 Å². The van der Waals surface area contributed by atoms with E-state index in [0.29, 0.717) is 0 Å². The maximum absolute atomic E-state index is 13.4. The number of amides is 1. The number of nitrogens with two attached hydrogens (primary N) is 1. The van der Waals surface area contributed by atoms with Gasteiger partial charge in [-0.15, -0.1) is 0 Å². The largest absolute Gasteiger partial charge is 0.461 e. The van der Waals surface area contributed by atoms with E-state index >= 15 is 0 Å². The molecule has 0 aliphatic heterocycles. The van der Waals surface area contributed by atoms with E-state index in [-0.39, 0.29) is 69.4 Å². The highest BCUT2D eigenvalue weighted by Gasteiger charge is 2.28. The minimum atomic E-state index is -1.05. The zero-order chi connectivity index (χ0) is 40.7. The number of hydrogen-bond acceptors (Lipinski definition) is 12. The summed E-state index contributed by atoms with van der Waals surface area (Å²) in [6, 6.07) is 35.3. The molecule has 0 aliphatic carbocycles. The molecule has 4 aromatic carbocycles. The Morgan fingerprint density at radius 2 is 0.947 bits per heavy atom. The summed E-state index contributed by atoms with van der Waals surface area (Å²) in [6.45, 7) is -0.329. The van der Waals surface area contributed by atoms with Gasteiger partial charge in [-0.05, 0) is 28.7 Å². The SMILES string of the molecule is N[C@H](CCC(=O)C[C@H](CSC[C@H](CC(=O)OCc1ccccc1)C(=O)OCc1ccccc1)C(=O)NCC(=O)OCc1ccccc1)C(=O)OCc1ccccc1. The number of carbonyl (C=O) groups is 6. The zero-order valence-corrected chi connectivity index (χ0v) is 32.4. The second-order valence-corrected chi connectivity index (χ2v) is 14.3. The van der Waals surface area contributed by atoms with Crippen molar-refractivity contribution in [1.82, 2.24) is 5.32 Å². The van der Waals surface area contributed by atoms with Crippen LogP contribution in [-0.2, 0) is 74.1 Å². The van der Waals surface area contributed by atoms with Crippen molar-refractivity contribution in [2.45, 2.75) is 58.2 Å². The van der Waals surface area contributed by atoms with Crippen molar-refractivity contribution in [3.63, 3.8) is 0 Å². The fourth-order valence-electron chi connectivity index (χ4n) is 5.37. The lowest BCUT2D eigenvalue weighted by Crippen LogP contribution is -2.38. The minimum absolute atomic E-state index is 0.000171. The molecule has 4 rings (SSSR count). The smallest absolute Gasteiger partial charge is 0.325 e. The van der Waals surface area contributed by atoms with Crippen LogP contribution in [-0.4, -0.2) is 59.7 Å². The van der Waals surface area contributed by atoms with Crippen molar-refractivity contribution in [2.75, 3.05) is 18.1 Å². The predicted molar refractivity (Wildman–Crippen MR) is 214 cm³/mol. The summed E-state index contributed by atoms with van der Waals surface area (Å²) in [7, 11) is 0. The number of hydrogen-bond donors (Lipinski definition) is 2. The van der Waals surface area contributed by atoms with Gasteiger partial charge in [-0.25, -0.2) is 0 Å². The van der Waals surface area contributed by atoms with Gasteiger partial charge < -0.3 is 30.0 Å². The molecule has 12 nitrogen and oxygen atoms in total. The number of nitrogens with one attached hydrogen (secondary N) is 1. The molecular formula is C44H48N2O10S. The third kappa shape index (κ3) is 17.3. The van der Waals surface area contributed by atoms with Gasteiger partial charge in [0.15, 0.2) is 0 Å². The van der Waals surface area contributed by atoms with Gasteiger partial charge in [0.1, 0.15) is 44.8 Å². The quantitative estimate of drug-likeness (QED) is 0.0674. The normalized spacial score (nSPS) is 12.3. The summed E-state index contributed by atoms with van der Waals surface area (Å²) in [5.74, 6) is -5.18. The van der Waals surface area contributed by atoms with Crippen molar-refractivity contribution in [1.29, 1.82) is 0 Å².